The predicted octanol–water partition coefficient (Wildman–Crippen LogP) is 3.53. The second-order valence-electron chi connectivity index (χ2n) is 7.72. The number of carbonyl (C=O) groups excluding carboxylic acids is 2. The average molecular weight is 456 g/mol. The van der Waals surface area contributed by atoms with Crippen molar-refractivity contribution in [2.24, 2.45) is 5.41 Å². The van der Waals surface area contributed by atoms with Crippen LogP contribution in [0.5, 0.6) is 11.5 Å². The van der Waals surface area contributed by atoms with Crippen LogP contribution in [0.15, 0.2) is 36.5 Å². The molecule has 5 rings (SSSR count). The number of alkyl halides is 2. The molecule has 3 aliphatic carbocycles. The molecule has 0 spiro atoms. The van der Waals surface area contributed by atoms with Crippen LogP contribution in [0.1, 0.15) is 19.3 Å². The van der Waals surface area contributed by atoms with Gasteiger partial charge in [-0.3, -0.25) is 9.59 Å². The van der Waals surface area contributed by atoms with Crippen molar-refractivity contribution < 1.29 is 32.2 Å². The molecule has 2 bridgehead atoms. The molecule has 0 aliphatic heterocycles. The van der Waals surface area contributed by atoms with Gasteiger partial charge in [0.2, 0.25) is 5.91 Å². The molecule has 2 amide bonds. The van der Waals surface area contributed by atoms with E-state index in [1.165, 1.54) is 24.3 Å². The molecule has 164 valence electrons. The van der Waals surface area contributed by atoms with Gasteiger partial charge >= 0.3 is 6.61 Å². The Morgan fingerprint density at radius 3 is 2.48 bits per heavy atom. The van der Waals surface area contributed by atoms with E-state index in [4.69, 9.17) is 16.3 Å². The number of nitrogens with one attached hydrogen (secondary N) is 2. The van der Waals surface area contributed by atoms with Crippen LogP contribution in [-0.2, 0) is 9.59 Å². The lowest BCUT2D eigenvalue weighted by Crippen LogP contribution is -2.78. The number of anilines is 1. The van der Waals surface area contributed by atoms with Gasteiger partial charge in [-0.05, 0) is 43.5 Å². The smallest absolute Gasteiger partial charge is 0.387 e. The third-order valence-electron chi connectivity index (χ3n) is 5.38. The fraction of sp³-hybridized carbons (Fsp3) is 0.350. The Bertz CT molecular complexity index is 999. The highest BCUT2D eigenvalue weighted by molar-refractivity contribution is 6.30. The number of nitrogens with zero attached hydrogens (tertiary/aromatic N) is 1. The number of aromatic nitrogens is 1. The van der Waals surface area contributed by atoms with Crippen molar-refractivity contribution in [2.75, 3.05) is 11.9 Å². The van der Waals surface area contributed by atoms with Crippen molar-refractivity contribution in [1.29, 1.82) is 0 Å². The van der Waals surface area contributed by atoms with Crippen molar-refractivity contribution in [2.45, 2.75) is 31.4 Å². The van der Waals surface area contributed by atoms with E-state index in [9.17, 15) is 22.8 Å². The first-order valence-electron chi connectivity index (χ1n) is 9.30. The predicted molar refractivity (Wildman–Crippen MR) is 104 cm³/mol. The zero-order chi connectivity index (χ0) is 22.2. The average Bonchev–Trinajstić information content (AvgIpc) is 2.65. The first-order chi connectivity index (χ1) is 14.7. The van der Waals surface area contributed by atoms with Crippen LogP contribution in [0.3, 0.4) is 0 Å². The quantitative estimate of drug-likeness (QED) is 0.635. The van der Waals surface area contributed by atoms with Gasteiger partial charge in [-0.2, -0.15) is 8.78 Å². The number of hydrogen-bond acceptors (Lipinski definition) is 5. The standard InChI is InChI=1S/C20H17ClF3N3O4/c21-13-3-1-11(5-14(13)22)30-7-16(28)27-20-8-19(9-20,10-20)17(29)26-15-4-2-12(6-25-15)31-18(23)24/h1-6,18H,7-10H2,(H,27,28)(H,25,26,29). The third kappa shape index (κ3) is 4.39. The van der Waals surface area contributed by atoms with Gasteiger partial charge in [0.05, 0.1) is 16.6 Å². The maximum atomic E-state index is 13.4. The Morgan fingerprint density at radius 1 is 1.16 bits per heavy atom. The van der Waals surface area contributed by atoms with Crippen LogP contribution >= 0.6 is 11.6 Å². The number of ether oxygens (including phenoxy) is 2. The maximum Gasteiger partial charge on any atom is 0.387 e. The molecule has 0 atom stereocenters. The van der Waals surface area contributed by atoms with Gasteiger partial charge in [-0.25, -0.2) is 9.37 Å². The number of benzene rings is 1. The van der Waals surface area contributed by atoms with Gasteiger partial charge in [0.15, 0.2) is 6.61 Å². The van der Waals surface area contributed by atoms with Gasteiger partial charge in [-0.15, -0.1) is 0 Å². The van der Waals surface area contributed by atoms with Crippen molar-refractivity contribution in [1.82, 2.24) is 10.3 Å². The van der Waals surface area contributed by atoms with E-state index >= 15 is 0 Å². The Balaban J connectivity index is 1.23. The Kier molecular flexibility index (Phi) is 5.42. The lowest BCUT2D eigenvalue weighted by atomic mass is 9.39. The molecule has 0 unspecified atom stereocenters. The van der Waals surface area contributed by atoms with Gasteiger partial charge in [0.25, 0.3) is 5.91 Å². The number of hydrogen-bond donors (Lipinski definition) is 2. The number of pyridine rings is 1. The van der Waals surface area contributed by atoms with E-state index in [0.717, 1.165) is 12.3 Å². The van der Waals surface area contributed by atoms with Crippen LogP contribution in [0, 0.1) is 11.2 Å². The number of halogens is 4. The van der Waals surface area contributed by atoms with E-state index in [-0.39, 0.29) is 40.8 Å². The molecule has 11 heteroatoms. The minimum absolute atomic E-state index is 0.0399. The molecule has 1 heterocycles. The van der Waals surface area contributed by atoms with Gasteiger partial charge in [-0.1, -0.05) is 11.6 Å². The normalized spacial score (nSPS) is 23.4. The fourth-order valence-corrected chi connectivity index (χ4v) is 4.20. The SMILES string of the molecule is O=C(COc1ccc(Cl)c(F)c1)NC12CC(C(=O)Nc3ccc(OC(F)F)cn3)(C1)C2. The van der Waals surface area contributed by atoms with E-state index in [0.29, 0.717) is 19.3 Å². The summed E-state index contributed by atoms with van der Waals surface area (Å²) in [6, 6.07) is 6.54. The molecular weight excluding hydrogens is 439 g/mol. The topological polar surface area (TPSA) is 89.5 Å². The first kappa shape index (κ1) is 21.2. The monoisotopic (exact) mass is 455 g/mol. The number of carbonyl (C=O) groups is 2. The van der Waals surface area contributed by atoms with Gasteiger partial charge in [0, 0.05) is 11.6 Å². The van der Waals surface area contributed by atoms with Crippen LogP contribution in [-0.4, -0.2) is 35.6 Å². The highest BCUT2D eigenvalue weighted by Crippen LogP contribution is 2.67. The van der Waals surface area contributed by atoms with Crippen LogP contribution < -0.4 is 20.1 Å². The zero-order valence-electron chi connectivity index (χ0n) is 16.0. The molecule has 3 saturated carbocycles. The second-order valence-corrected chi connectivity index (χ2v) is 8.12. The van der Waals surface area contributed by atoms with Crippen molar-refractivity contribution in [3.8, 4) is 11.5 Å². The Hall–Kier alpha value is -3.01. The third-order valence-corrected chi connectivity index (χ3v) is 5.69. The van der Waals surface area contributed by atoms with Crippen LogP contribution in [0.2, 0.25) is 5.02 Å². The first-order valence-corrected chi connectivity index (χ1v) is 9.68. The molecule has 0 saturated heterocycles. The summed E-state index contributed by atoms with van der Waals surface area (Å²) in [5, 5.41) is 5.47. The Labute approximate surface area is 179 Å². The number of rotatable bonds is 8. The molecular formula is C20H17ClF3N3O4. The molecule has 31 heavy (non-hydrogen) atoms. The van der Waals surface area contributed by atoms with Crippen molar-refractivity contribution in [3.63, 3.8) is 0 Å². The van der Waals surface area contributed by atoms with E-state index in [1.807, 2.05) is 0 Å². The van der Waals surface area contributed by atoms with E-state index in [2.05, 4.69) is 20.4 Å². The molecule has 3 aliphatic rings. The minimum Gasteiger partial charge on any atom is -0.484 e. The summed E-state index contributed by atoms with van der Waals surface area (Å²) in [7, 11) is 0. The largest absolute Gasteiger partial charge is 0.484 e. The van der Waals surface area contributed by atoms with Crippen molar-refractivity contribution >= 4 is 29.2 Å². The number of amides is 2. The second kappa shape index (κ2) is 7.92. The molecule has 2 aromatic rings. The lowest BCUT2D eigenvalue weighted by Gasteiger charge is -2.69. The molecule has 1 aromatic carbocycles. The summed E-state index contributed by atoms with van der Waals surface area (Å²) in [6.45, 7) is -3.24. The summed E-state index contributed by atoms with van der Waals surface area (Å²) < 4.78 is 47.2. The van der Waals surface area contributed by atoms with Crippen molar-refractivity contribution in [3.05, 3.63) is 47.4 Å². The zero-order valence-corrected chi connectivity index (χ0v) is 16.7. The highest BCUT2D eigenvalue weighted by Gasteiger charge is 2.72. The molecule has 7 nitrogen and oxygen atoms in total. The van der Waals surface area contributed by atoms with Gasteiger partial charge < -0.3 is 20.1 Å². The van der Waals surface area contributed by atoms with Crippen LogP contribution in [0.4, 0.5) is 19.0 Å². The fourth-order valence-electron chi connectivity index (χ4n) is 4.08. The molecule has 3 fully saturated rings. The summed E-state index contributed by atoms with van der Waals surface area (Å²) >= 11 is 5.60. The Morgan fingerprint density at radius 2 is 1.87 bits per heavy atom. The molecule has 2 N–H and O–H groups in total. The minimum atomic E-state index is -2.95. The summed E-state index contributed by atoms with van der Waals surface area (Å²) in [5.41, 5.74) is -1.04. The maximum absolute atomic E-state index is 13.4. The summed E-state index contributed by atoms with van der Waals surface area (Å²) in [5.74, 6) is -0.964. The summed E-state index contributed by atoms with van der Waals surface area (Å²) in [4.78, 5) is 28.6. The van der Waals surface area contributed by atoms with E-state index in [1.54, 1.807) is 0 Å². The molecule has 1 aromatic heterocycles. The van der Waals surface area contributed by atoms with E-state index < -0.39 is 23.4 Å². The summed E-state index contributed by atoms with van der Waals surface area (Å²) in [6.07, 6.45) is 2.51. The lowest BCUT2D eigenvalue weighted by molar-refractivity contribution is -0.179. The van der Waals surface area contributed by atoms with Gasteiger partial charge in [0.1, 0.15) is 23.1 Å². The van der Waals surface area contributed by atoms with Crippen LogP contribution in [0.25, 0.3) is 0 Å². The highest BCUT2D eigenvalue weighted by atomic mass is 35.5. The molecule has 0 radical (unpaired) electrons.